The van der Waals surface area contributed by atoms with Crippen LogP contribution in [0.25, 0.3) is 0 Å². The number of aryl methyl sites for hydroxylation is 1. The number of carboxylic acids is 1. The molecule has 0 radical (unpaired) electrons. The monoisotopic (exact) mass is 377 g/mol. The van der Waals surface area contributed by atoms with Gasteiger partial charge < -0.3 is 15.3 Å². The van der Waals surface area contributed by atoms with Crippen LogP contribution in [0.15, 0.2) is 38.9 Å². The number of aliphatic carboxylic acids is 1. The van der Waals surface area contributed by atoms with Gasteiger partial charge in [0.05, 0.1) is 5.92 Å². The minimum Gasteiger partial charge on any atom is -0.481 e. The van der Waals surface area contributed by atoms with Crippen molar-refractivity contribution in [2.24, 2.45) is 5.92 Å². The lowest BCUT2D eigenvalue weighted by atomic mass is 9.97. The summed E-state index contributed by atoms with van der Waals surface area (Å²) in [7, 11) is 0. The molecule has 2 heterocycles. The van der Waals surface area contributed by atoms with Crippen LogP contribution in [0.2, 0.25) is 0 Å². The lowest BCUT2D eigenvalue weighted by Gasteiger charge is -2.30. The topological polar surface area (TPSA) is 82.5 Å². The van der Waals surface area contributed by atoms with Crippen LogP contribution < -0.4 is 5.32 Å². The van der Waals surface area contributed by atoms with Crippen LogP contribution in [0.1, 0.15) is 18.5 Å². The van der Waals surface area contributed by atoms with Gasteiger partial charge in [0.25, 0.3) is 0 Å². The first-order chi connectivity index (χ1) is 12.0. The molecule has 3 rings (SSSR count). The molecule has 0 saturated carbocycles. The Balaban J connectivity index is 1.53. The summed E-state index contributed by atoms with van der Waals surface area (Å²) < 4.78 is 0.996. The molecule has 8 heteroatoms. The van der Waals surface area contributed by atoms with Crippen LogP contribution in [0.4, 0.5) is 10.5 Å². The third kappa shape index (κ3) is 4.73. The van der Waals surface area contributed by atoms with Crippen molar-refractivity contribution in [3.8, 4) is 0 Å². The average Bonchev–Trinajstić information content (AvgIpc) is 3.01. The number of rotatable bonds is 4. The number of hydrogen-bond acceptors (Lipinski definition) is 5. The van der Waals surface area contributed by atoms with Gasteiger partial charge in [-0.25, -0.2) is 9.78 Å². The molecule has 2 N–H and O–H groups in total. The van der Waals surface area contributed by atoms with Gasteiger partial charge in [0.1, 0.15) is 0 Å². The quantitative estimate of drug-likeness (QED) is 0.843. The van der Waals surface area contributed by atoms with E-state index in [4.69, 9.17) is 5.11 Å². The first-order valence-corrected chi connectivity index (χ1v) is 9.69. The Hall–Kier alpha value is -2.06. The van der Waals surface area contributed by atoms with Crippen LogP contribution in [0.3, 0.4) is 0 Å². The van der Waals surface area contributed by atoms with Gasteiger partial charge in [-0.1, -0.05) is 11.8 Å². The molecule has 1 aromatic heterocycles. The van der Waals surface area contributed by atoms with Crippen LogP contribution in [-0.4, -0.2) is 40.1 Å². The first kappa shape index (κ1) is 17.8. The van der Waals surface area contributed by atoms with E-state index in [1.807, 2.05) is 36.6 Å². The van der Waals surface area contributed by atoms with E-state index < -0.39 is 5.97 Å². The molecule has 0 aliphatic carbocycles. The third-order valence-electron chi connectivity index (χ3n) is 4.04. The molecular weight excluding hydrogens is 358 g/mol. The molecule has 0 atom stereocenters. The Morgan fingerprint density at radius 3 is 2.52 bits per heavy atom. The maximum atomic E-state index is 12.3. The largest absolute Gasteiger partial charge is 0.481 e. The fourth-order valence-electron chi connectivity index (χ4n) is 2.62. The molecule has 0 spiro atoms. The highest BCUT2D eigenvalue weighted by atomic mass is 32.2. The highest BCUT2D eigenvalue weighted by Crippen LogP contribution is 2.31. The fraction of sp³-hybridized carbons (Fsp3) is 0.353. The van der Waals surface area contributed by atoms with Gasteiger partial charge >= 0.3 is 12.0 Å². The zero-order valence-electron chi connectivity index (χ0n) is 13.8. The zero-order chi connectivity index (χ0) is 17.8. The number of amides is 2. The van der Waals surface area contributed by atoms with E-state index in [1.54, 1.807) is 28.0 Å². The number of nitrogens with zero attached hydrogens (tertiary/aromatic N) is 2. The Labute approximate surface area is 154 Å². The Morgan fingerprint density at radius 2 is 1.96 bits per heavy atom. The lowest BCUT2D eigenvalue weighted by Crippen LogP contribution is -2.42. The molecule has 1 aromatic carbocycles. The molecule has 6 nitrogen and oxygen atoms in total. The van der Waals surface area contributed by atoms with Crippen LogP contribution in [-0.2, 0) is 4.79 Å². The summed E-state index contributed by atoms with van der Waals surface area (Å²) in [6.45, 7) is 2.92. The maximum absolute atomic E-state index is 12.3. The minimum atomic E-state index is -0.774. The fourth-order valence-corrected chi connectivity index (χ4v) is 4.43. The molecule has 132 valence electrons. The first-order valence-electron chi connectivity index (χ1n) is 8.00. The number of carbonyl (C=O) groups is 2. The van der Waals surface area contributed by atoms with Gasteiger partial charge in [0.15, 0.2) is 4.34 Å². The summed E-state index contributed by atoms with van der Waals surface area (Å²) in [5.74, 6) is -1.11. The van der Waals surface area contributed by atoms with Crippen molar-refractivity contribution in [1.29, 1.82) is 0 Å². The molecule has 1 aliphatic heterocycles. The van der Waals surface area contributed by atoms with Gasteiger partial charge in [-0.2, -0.15) is 0 Å². The van der Waals surface area contributed by atoms with Crippen molar-refractivity contribution in [3.63, 3.8) is 0 Å². The molecule has 2 amide bonds. The van der Waals surface area contributed by atoms with Crippen LogP contribution >= 0.6 is 23.1 Å². The second-order valence-corrected chi connectivity index (χ2v) is 8.09. The molecule has 1 aliphatic rings. The molecule has 0 bridgehead atoms. The number of nitrogens with one attached hydrogen (secondary N) is 1. The molecule has 0 unspecified atom stereocenters. The van der Waals surface area contributed by atoms with Crippen LogP contribution in [0, 0.1) is 12.8 Å². The van der Waals surface area contributed by atoms with Crippen molar-refractivity contribution >= 4 is 40.8 Å². The number of likely N-dealkylation sites (tertiary alicyclic amines) is 1. The van der Waals surface area contributed by atoms with E-state index in [2.05, 4.69) is 10.3 Å². The summed E-state index contributed by atoms with van der Waals surface area (Å²) in [4.78, 5) is 30.4. The van der Waals surface area contributed by atoms with E-state index in [9.17, 15) is 9.59 Å². The third-order valence-corrected chi connectivity index (χ3v) is 6.10. The van der Waals surface area contributed by atoms with E-state index in [0.29, 0.717) is 25.9 Å². The minimum absolute atomic E-state index is 0.181. The molecule has 2 aromatic rings. The van der Waals surface area contributed by atoms with E-state index >= 15 is 0 Å². The van der Waals surface area contributed by atoms with Crippen LogP contribution in [0.5, 0.6) is 0 Å². The smallest absolute Gasteiger partial charge is 0.321 e. The molecule has 1 saturated heterocycles. The SMILES string of the molecule is Cc1csc(Sc2ccc(NC(=O)N3CCC(C(=O)O)CC3)cc2)n1. The van der Waals surface area contributed by atoms with Crippen molar-refractivity contribution in [1.82, 2.24) is 9.88 Å². The van der Waals surface area contributed by atoms with Crippen molar-refractivity contribution in [3.05, 3.63) is 35.3 Å². The number of anilines is 1. The number of urea groups is 1. The van der Waals surface area contributed by atoms with Gasteiger partial charge in [-0.3, -0.25) is 4.79 Å². The van der Waals surface area contributed by atoms with Gasteiger partial charge in [0, 0.05) is 34.7 Å². The number of thiazole rings is 1. The molecular formula is C17H19N3O3S2. The number of carbonyl (C=O) groups excluding carboxylic acids is 1. The zero-order valence-corrected chi connectivity index (χ0v) is 15.4. The summed E-state index contributed by atoms with van der Waals surface area (Å²) in [5, 5.41) is 13.9. The van der Waals surface area contributed by atoms with Gasteiger partial charge in [0.2, 0.25) is 0 Å². The Morgan fingerprint density at radius 1 is 1.28 bits per heavy atom. The Kier molecular flexibility index (Phi) is 5.60. The number of benzene rings is 1. The summed E-state index contributed by atoms with van der Waals surface area (Å²) >= 11 is 3.21. The highest BCUT2D eigenvalue weighted by Gasteiger charge is 2.26. The maximum Gasteiger partial charge on any atom is 0.321 e. The highest BCUT2D eigenvalue weighted by molar-refractivity contribution is 8.01. The summed E-state index contributed by atoms with van der Waals surface area (Å²) in [5.41, 5.74) is 1.74. The number of piperidine rings is 1. The normalized spacial score (nSPS) is 15.2. The van der Waals surface area contributed by atoms with Gasteiger partial charge in [-0.15, -0.1) is 11.3 Å². The van der Waals surface area contributed by atoms with Crippen molar-refractivity contribution in [2.75, 3.05) is 18.4 Å². The van der Waals surface area contributed by atoms with E-state index in [1.165, 1.54) is 0 Å². The van der Waals surface area contributed by atoms with Crippen molar-refractivity contribution < 1.29 is 14.7 Å². The predicted octanol–water partition coefficient (Wildman–Crippen LogP) is 3.93. The van der Waals surface area contributed by atoms with Gasteiger partial charge in [-0.05, 0) is 44.0 Å². The van der Waals surface area contributed by atoms with E-state index in [-0.39, 0.29) is 11.9 Å². The second kappa shape index (κ2) is 7.88. The summed E-state index contributed by atoms with van der Waals surface area (Å²) in [6.07, 6.45) is 1.01. The standard InChI is InChI=1S/C17H19N3O3S2/c1-11-10-24-17(18-11)25-14-4-2-13(3-5-14)19-16(23)20-8-6-12(7-9-20)15(21)22/h2-5,10,12H,6-9H2,1H3,(H,19,23)(H,21,22). The van der Waals surface area contributed by atoms with Crippen molar-refractivity contribution in [2.45, 2.75) is 29.0 Å². The molecule has 1 fully saturated rings. The number of carboxylic acid groups (broad SMARTS) is 1. The average molecular weight is 377 g/mol. The predicted molar refractivity (Wildman–Crippen MR) is 98.4 cm³/mol. The second-order valence-electron chi connectivity index (χ2n) is 5.91. The summed E-state index contributed by atoms with van der Waals surface area (Å²) in [6, 6.07) is 7.45. The van der Waals surface area contributed by atoms with E-state index in [0.717, 1.165) is 20.6 Å². The number of hydrogen-bond donors (Lipinski definition) is 2. The lowest BCUT2D eigenvalue weighted by molar-refractivity contribution is -0.143. The molecule has 25 heavy (non-hydrogen) atoms. The number of aromatic nitrogens is 1. The Bertz CT molecular complexity index is 753.